The number of phenols is 1. The maximum absolute atomic E-state index is 9.46. The minimum atomic E-state index is 0.287. The summed E-state index contributed by atoms with van der Waals surface area (Å²) in [5.74, 6) is 0.287. The van der Waals surface area contributed by atoms with Crippen molar-refractivity contribution in [3.63, 3.8) is 0 Å². The molecule has 0 aliphatic carbocycles. The molecule has 17 heavy (non-hydrogen) atoms. The smallest absolute Gasteiger partial charge is 0.129 e. The first-order valence-electron chi connectivity index (χ1n) is 5.60. The summed E-state index contributed by atoms with van der Waals surface area (Å²) >= 11 is 3.34. The van der Waals surface area contributed by atoms with Gasteiger partial charge in [-0.05, 0) is 65.0 Å². The molecule has 2 aromatic rings. The maximum Gasteiger partial charge on any atom is 0.129 e. The van der Waals surface area contributed by atoms with Crippen LogP contribution in [0, 0.1) is 13.8 Å². The summed E-state index contributed by atoms with van der Waals surface area (Å²) in [5.41, 5.74) is 5.12. The molecule has 0 saturated heterocycles. The summed E-state index contributed by atoms with van der Waals surface area (Å²) in [7, 11) is 0. The molecule has 0 spiro atoms. The Labute approximate surface area is 110 Å². The Morgan fingerprint density at radius 2 is 1.82 bits per heavy atom. The van der Waals surface area contributed by atoms with E-state index in [1.54, 1.807) is 6.07 Å². The van der Waals surface area contributed by atoms with E-state index in [4.69, 9.17) is 0 Å². The molecule has 0 aromatic heterocycles. The highest BCUT2D eigenvalue weighted by Gasteiger charge is 2.03. The van der Waals surface area contributed by atoms with E-state index >= 15 is 0 Å². The normalized spacial score (nSPS) is 10.5. The molecule has 0 atom stereocenters. The van der Waals surface area contributed by atoms with Gasteiger partial charge in [0, 0.05) is 0 Å². The van der Waals surface area contributed by atoms with Gasteiger partial charge in [-0.1, -0.05) is 29.8 Å². The molecule has 0 heterocycles. The third kappa shape index (κ3) is 2.89. The van der Waals surface area contributed by atoms with Gasteiger partial charge >= 0.3 is 0 Å². The second kappa shape index (κ2) is 4.92. The van der Waals surface area contributed by atoms with Crippen molar-refractivity contribution in [2.24, 2.45) is 0 Å². The standard InChI is InChI=1S/C15H15BrO/c1-10-3-4-11(2)13(7-10)8-12-5-6-15(17)14(16)9-12/h3-7,9,17H,8H2,1-2H3. The molecule has 0 aliphatic rings. The van der Waals surface area contributed by atoms with Crippen LogP contribution < -0.4 is 0 Å². The first-order chi connectivity index (χ1) is 8.06. The Morgan fingerprint density at radius 3 is 2.53 bits per heavy atom. The molecule has 0 amide bonds. The number of phenolic OH excluding ortho intramolecular Hbond substituents is 1. The average Bonchev–Trinajstić information content (AvgIpc) is 2.29. The van der Waals surface area contributed by atoms with E-state index in [2.05, 4.69) is 48.0 Å². The van der Waals surface area contributed by atoms with Gasteiger partial charge in [-0.15, -0.1) is 0 Å². The molecular weight excluding hydrogens is 276 g/mol. The molecule has 1 nitrogen and oxygen atoms in total. The molecule has 0 fully saturated rings. The number of hydrogen-bond acceptors (Lipinski definition) is 1. The predicted octanol–water partition coefficient (Wildman–Crippen LogP) is 4.36. The Morgan fingerprint density at radius 1 is 1.06 bits per heavy atom. The molecular formula is C15H15BrO. The van der Waals surface area contributed by atoms with E-state index in [1.165, 1.54) is 22.3 Å². The molecule has 0 aliphatic heterocycles. The fourth-order valence-electron chi connectivity index (χ4n) is 1.87. The lowest BCUT2D eigenvalue weighted by Gasteiger charge is -2.08. The van der Waals surface area contributed by atoms with E-state index in [9.17, 15) is 5.11 Å². The van der Waals surface area contributed by atoms with Crippen LogP contribution in [0.25, 0.3) is 0 Å². The van der Waals surface area contributed by atoms with Crippen LogP contribution >= 0.6 is 15.9 Å². The number of aryl methyl sites for hydroxylation is 2. The summed E-state index contributed by atoms with van der Waals surface area (Å²) < 4.78 is 0.750. The third-order valence-electron chi connectivity index (χ3n) is 2.91. The largest absolute Gasteiger partial charge is 0.507 e. The van der Waals surface area contributed by atoms with Crippen molar-refractivity contribution in [3.05, 3.63) is 63.1 Å². The van der Waals surface area contributed by atoms with Crippen LogP contribution in [0.2, 0.25) is 0 Å². The molecule has 0 unspecified atom stereocenters. The van der Waals surface area contributed by atoms with Crippen molar-refractivity contribution in [1.29, 1.82) is 0 Å². The molecule has 88 valence electrons. The molecule has 0 radical (unpaired) electrons. The lowest BCUT2D eigenvalue weighted by atomic mass is 9.99. The number of rotatable bonds is 2. The summed E-state index contributed by atoms with van der Waals surface area (Å²) in [6, 6.07) is 12.2. The highest BCUT2D eigenvalue weighted by molar-refractivity contribution is 9.10. The summed E-state index contributed by atoms with van der Waals surface area (Å²) in [5, 5.41) is 9.46. The molecule has 2 rings (SSSR count). The van der Waals surface area contributed by atoms with Crippen LogP contribution in [-0.2, 0) is 6.42 Å². The van der Waals surface area contributed by atoms with Crippen LogP contribution in [-0.4, -0.2) is 5.11 Å². The van der Waals surface area contributed by atoms with Gasteiger partial charge in [0.1, 0.15) is 5.75 Å². The average molecular weight is 291 g/mol. The van der Waals surface area contributed by atoms with Crippen molar-refractivity contribution in [2.45, 2.75) is 20.3 Å². The highest BCUT2D eigenvalue weighted by Crippen LogP contribution is 2.26. The van der Waals surface area contributed by atoms with Crippen LogP contribution in [0.15, 0.2) is 40.9 Å². The maximum atomic E-state index is 9.46. The zero-order chi connectivity index (χ0) is 12.4. The van der Waals surface area contributed by atoms with E-state index in [0.29, 0.717) is 0 Å². The fraction of sp³-hybridized carbons (Fsp3) is 0.200. The first kappa shape index (κ1) is 12.2. The summed E-state index contributed by atoms with van der Waals surface area (Å²) in [6.45, 7) is 4.24. The molecule has 1 N–H and O–H groups in total. The quantitative estimate of drug-likeness (QED) is 0.871. The fourth-order valence-corrected chi connectivity index (χ4v) is 2.30. The Balaban J connectivity index is 2.31. The lowest BCUT2D eigenvalue weighted by Crippen LogP contribution is -1.92. The van der Waals surface area contributed by atoms with Gasteiger partial charge in [0.05, 0.1) is 4.47 Å². The van der Waals surface area contributed by atoms with Gasteiger partial charge < -0.3 is 5.11 Å². The number of aromatic hydroxyl groups is 1. The minimum Gasteiger partial charge on any atom is -0.507 e. The van der Waals surface area contributed by atoms with Gasteiger partial charge in [0.15, 0.2) is 0 Å². The van der Waals surface area contributed by atoms with Crippen LogP contribution in [0.5, 0.6) is 5.75 Å². The Bertz CT molecular complexity index is 547. The van der Waals surface area contributed by atoms with E-state index < -0.39 is 0 Å². The summed E-state index contributed by atoms with van der Waals surface area (Å²) in [4.78, 5) is 0. The second-order valence-electron chi connectivity index (χ2n) is 4.39. The van der Waals surface area contributed by atoms with Crippen molar-refractivity contribution >= 4 is 15.9 Å². The van der Waals surface area contributed by atoms with Crippen molar-refractivity contribution in [3.8, 4) is 5.75 Å². The number of benzene rings is 2. The molecule has 0 saturated carbocycles. The molecule has 2 heteroatoms. The van der Waals surface area contributed by atoms with Crippen molar-refractivity contribution < 1.29 is 5.11 Å². The number of hydrogen-bond donors (Lipinski definition) is 1. The van der Waals surface area contributed by atoms with E-state index in [-0.39, 0.29) is 5.75 Å². The van der Waals surface area contributed by atoms with Crippen LogP contribution in [0.4, 0.5) is 0 Å². The second-order valence-corrected chi connectivity index (χ2v) is 5.25. The highest BCUT2D eigenvalue weighted by atomic mass is 79.9. The molecule has 0 bridgehead atoms. The topological polar surface area (TPSA) is 20.2 Å². The monoisotopic (exact) mass is 290 g/mol. The lowest BCUT2D eigenvalue weighted by molar-refractivity contribution is 0.471. The minimum absolute atomic E-state index is 0.287. The van der Waals surface area contributed by atoms with E-state index in [1.807, 2.05) is 12.1 Å². The number of halogens is 1. The Hall–Kier alpha value is -1.28. The van der Waals surface area contributed by atoms with Crippen molar-refractivity contribution in [2.75, 3.05) is 0 Å². The first-order valence-corrected chi connectivity index (χ1v) is 6.39. The van der Waals surface area contributed by atoms with Gasteiger partial charge in [-0.2, -0.15) is 0 Å². The van der Waals surface area contributed by atoms with Gasteiger partial charge in [0.2, 0.25) is 0 Å². The zero-order valence-corrected chi connectivity index (χ0v) is 11.6. The van der Waals surface area contributed by atoms with Gasteiger partial charge in [-0.3, -0.25) is 0 Å². The van der Waals surface area contributed by atoms with Gasteiger partial charge in [-0.25, -0.2) is 0 Å². The third-order valence-corrected chi connectivity index (χ3v) is 3.55. The van der Waals surface area contributed by atoms with Crippen LogP contribution in [0.3, 0.4) is 0 Å². The SMILES string of the molecule is Cc1ccc(C)c(Cc2ccc(O)c(Br)c2)c1. The van der Waals surface area contributed by atoms with Gasteiger partial charge in [0.25, 0.3) is 0 Å². The Kier molecular flexibility index (Phi) is 3.53. The summed E-state index contributed by atoms with van der Waals surface area (Å²) in [6.07, 6.45) is 0.895. The predicted molar refractivity (Wildman–Crippen MR) is 74.5 cm³/mol. The van der Waals surface area contributed by atoms with Crippen molar-refractivity contribution in [1.82, 2.24) is 0 Å². The van der Waals surface area contributed by atoms with Crippen LogP contribution in [0.1, 0.15) is 22.3 Å². The van der Waals surface area contributed by atoms with E-state index in [0.717, 1.165) is 10.9 Å². The zero-order valence-electron chi connectivity index (χ0n) is 10.00. The molecule has 2 aromatic carbocycles.